The number of imidazole rings is 1. The number of nitrogens with zero attached hydrogens (tertiary/aromatic N) is 6. The van der Waals surface area contributed by atoms with Gasteiger partial charge in [-0.15, -0.1) is 0 Å². The zero-order valence-corrected chi connectivity index (χ0v) is 24.2. The van der Waals surface area contributed by atoms with E-state index < -0.39 is 26.5 Å². The van der Waals surface area contributed by atoms with Crippen LogP contribution in [0.1, 0.15) is 57.1 Å². The standard InChI is InChI=1S/C28H35N6O5P/c1-5-20-23(38-40-34-15-9-13-21(34)28(3,39-40)19-11-7-6-8-12-19)24(35-4)27(37-20)33-17-30-22-25(33)31-18(2)32-26(22)36-16-10-14-29/h6-8,11-12,17,20-21,23-24,27H,5,9-10,13,15-16H2,1-4H3/t20-,21-,23+,24?,27-,28+,40-/m1/s1. The second-order valence-corrected chi connectivity index (χ2v) is 11.9. The molecule has 2 aromatic heterocycles. The van der Waals surface area contributed by atoms with Crippen molar-refractivity contribution in [2.45, 2.75) is 82.6 Å². The van der Waals surface area contributed by atoms with E-state index in [1.54, 1.807) is 20.4 Å². The van der Waals surface area contributed by atoms with Crippen LogP contribution in [0.3, 0.4) is 0 Å². The number of hydrogen-bond donors (Lipinski definition) is 0. The second kappa shape index (κ2) is 11.3. The molecule has 3 fully saturated rings. The lowest BCUT2D eigenvalue weighted by Gasteiger charge is -2.29. The van der Waals surface area contributed by atoms with Gasteiger partial charge < -0.3 is 23.3 Å². The Kier molecular flexibility index (Phi) is 7.75. The molecule has 0 N–H and O–H groups in total. The van der Waals surface area contributed by atoms with E-state index in [-0.39, 0.29) is 31.3 Å². The average Bonchev–Trinajstić information content (AvgIpc) is 3.73. The van der Waals surface area contributed by atoms with Crippen molar-refractivity contribution in [2.24, 2.45) is 0 Å². The molecule has 6 rings (SSSR count). The molecule has 7 atom stereocenters. The number of benzene rings is 1. The minimum atomic E-state index is -1.33. The van der Waals surface area contributed by atoms with E-state index in [1.165, 1.54) is 5.56 Å². The number of aromatic nitrogens is 4. The summed E-state index contributed by atoms with van der Waals surface area (Å²) in [4.78, 5) is 13.6. The number of methoxy groups -OCH3 is 1. The van der Waals surface area contributed by atoms with Gasteiger partial charge in [0.05, 0.1) is 31.0 Å². The van der Waals surface area contributed by atoms with Crippen molar-refractivity contribution in [2.75, 3.05) is 20.3 Å². The van der Waals surface area contributed by atoms with Crippen molar-refractivity contribution in [1.82, 2.24) is 24.2 Å². The third-order valence-electron chi connectivity index (χ3n) is 8.08. The Labute approximate surface area is 235 Å². The van der Waals surface area contributed by atoms with Gasteiger partial charge in [-0.1, -0.05) is 37.3 Å². The van der Waals surface area contributed by atoms with Crippen LogP contribution in [-0.4, -0.2) is 68.8 Å². The Morgan fingerprint density at radius 2 is 2.05 bits per heavy atom. The highest BCUT2D eigenvalue weighted by Gasteiger charge is 2.57. The molecule has 3 aliphatic rings. The first-order valence-electron chi connectivity index (χ1n) is 13.9. The molecule has 0 radical (unpaired) electrons. The van der Waals surface area contributed by atoms with Gasteiger partial charge in [0, 0.05) is 13.7 Å². The van der Waals surface area contributed by atoms with Crippen molar-refractivity contribution in [3.8, 4) is 11.9 Å². The van der Waals surface area contributed by atoms with Crippen LogP contribution in [-0.2, 0) is 24.1 Å². The molecule has 0 bridgehead atoms. The fourth-order valence-corrected chi connectivity index (χ4v) is 8.25. The fourth-order valence-electron chi connectivity index (χ4n) is 6.10. The first-order chi connectivity index (χ1) is 19.5. The third kappa shape index (κ3) is 4.67. The van der Waals surface area contributed by atoms with Gasteiger partial charge >= 0.3 is 0 Å². The molecule has 5 heterocycles. The van der Waals surface area contributed by atoms with Crippen molar-refractivity contribution >= 4 is 19.7 Å². The summed E-state index contributed by atoms with van der Waals surface area (Å²) in [6.07, 6.45) is 3.37. The number of fused-ring (bicyclic) bond motifs is 2. The molecule has 3 aliphatic heterocycles. The Morgan fingerprint density at radius 1 is 1.23 bits per heavy atom. The van der Waals surface area contributed by atoms with Crippen LogP contribution in [0.15, 0.2) is 36.7 Å². The van der Waals surface area contributed by atoms with Crippen LogP contribution in [0.4, 0.5) is 0 Å². The van der Waals surface area contributed by atoms with E-state index in [1.807, 2.05) is 10.6 Å². The summed E-state index contributed by atoms with van der Waals surface area (Å²) >= 11 is 0. The SMILES string of the molecule is CC[C@H]1O[C@@H](n2cnc3c(OCCC#N)nc(C)nc32)C(OC)[C@H]1O[P@]1O[C@@](C)(c2ccccc2)[C@H]2CCCN21. The van der Waals surface area contributed by atoms with E-state index in [0.717, 1.165) is 25.8 Å². The molecule has 0 aliphatic carbocycles. The Morgan fingerprint density at radius 3 is 2.80 bits per heavy atom. The molecule has 11 nitrogen and oxygen atoms in total. The lowest BCUT2D eigenvalue weighted by atomic mass is 9.87. The van der Waals surface area contributed by atoms with E-state index in [9.17, 15) is 0 Å². The average molecular weight is 567 g/mol. The number of ether oxygens (including phenoxy) is 3. The van der Waals surface area contributed by atoms with Crippen LogP contribution in [0.5, 0.6) is 5.88 Å². The van der Waals surface area contributed by atoms with Gasteiger partial charge in [0.1, 0.15) is 30.2 Å². The predicted molar refractivity (Wildman–Crippen MR) is 147 cm³/mol. The molecule has 0 amide bonds. The summed E-state index contributed by atoms with van der Waals surface area (Å²) in [5.41, 5.74) is 1.83. The molecular formula is C28H35N6O5P. The smallest absolute Gasteiger partial charge is 0.260 e. The zero-order valence-electron chi connectivity index (χ0n) is 23.3. The van der Waals surface area contributed by atoms with Crippen molar-refractivity contribution < 1.29 is 23.3 Å². The first-order valence-corrected chi connectivity index (χ1v) is 15.0. The lowest BCUT2D eigenvalue weighted by molar-refractivity contribution is -0.0494. The molecule has 3 saturated heterocycles. The molecule has 40 heavy (non-hydrogen) atoms. The Bertz CT molecular complexity index is 1380. The highest BCUT2D eigenvalue weighted by atomic mass is 31.2. The fraction of sp³-hybridized carbons (Fsp3) is 0.571. The maximum absolute atomic E-state index is 8.89. The molecule has 1 unspecified atom stereocenters. The normalized spacial score (nSPS) is 32.0. The van der Waals surface area contributed by atoms with Gasteiger partial charge in [-0.25, -0.2) is 14.6 Å². The second-order valence-electron chi connectivity index (χ2n) is 10.5. The summed E-state index contributed by atoms with van der Waals surface area (Å²) in [5.74, 6) is 0.891. The molecular weight excluding hydrogens is 531 g/mol. The highest BCUT2D eigenvalue weighted by Crippen LogP contribution is 2.64. The molecule has 3 aromatic rings. The number of hydrogen-bond acceptors (Lipinski definition) is 10. The summed E-state index contributed by atoms with van der Waals surface area (Å²) in [5, 5.41) is 8.89. The van der Waals surface area contributed by atoms with Crippen LogP contribution >= 0.6 is 8.53 Å². The van der Waals surface area contributed by atoms with Crippen LogP contribution in [0, 0.1) is 18.3 Å². The van der Waals surface area contributed by atoms with Gasteiger partial charge in [0.25, 0.3) is 8.53 Å². The Balaban J connectivity index is 1.28. The quantitative estimate of drug-likeness (QED) is 0.265. The zero-order chi connectivity index (χ0) is 27.9. The van der Waals surface area contributed by atoms with E-state index >= 15 is 0 Å². The first kappa shape index (κ1) is 27.5. The molecule has 212 valence electrons. The maximum Gasteiger partial charge on any atom is 0.260 e. The summed E-state index contributed by atoms with van der Waals surface area (Å²) < 4.78 is 36.3. The van der Waals surface area contributed by atoms with E-state index in [0.29, 0.717) is 22.9 Å². The van der Waals surface area contributed by atoms with Gasteiger partial charge in [-0.05, 0) is 38.7 Å². The molecule has 0 spiro atoms. The van der Waals surface area contributed by atoms with Gasteiger partial charge in [-0.3, -0.25) is 4.57 Å². The van der Waals surface area contributed by atoms with Crippen LogP contribution in [0.2, 0.25) is 0 Å². The predicted octanol–water partition coefficient (Wildman–Crippen LogP) is 4.77. The largest absolute Gasteiger partial charge is 0.475 e. The molecule has 0 saturated carbocycles. The topological polar surface area (TPSA) is 117 Å². The van der Waals surface area contributed by atoms with Gasteiger partial charge in [0.15, 0.2) is 17.4 Å². The van der Waals surface area contributed by atoms with Gasteiger partial charge in [0.2, 0.25) is 5.88 Å². The minimum absolute atomic E-state index is 0.211. The lowest BCUT2D eigenvalue weighted by Crippen LogP contribution is -2.37. The van der Waals surface area contributed by atoms with Crippen molar-refractivity contribution in [3.63, 3.8) is 0 Å². The number of nitriles is 1. The van der Waals surface area contributed by atoms with Crippen LogP contribution in [0.25, 0.3) is 11.2 Å². The van der Waals surface area contributed by atoms with E-state index in [4.69, 9.17) is 28.5 Å². The van der Waals surface area contributed by atoms with E-state index in [2.05, 4.69) is 63.8 Å². The summed E-state index contributed by atoms with van der Waals surface area (Å²) in [7, 11) is 0.355. The third-order valence-corrected chi connectivity index (χ3v) is 9.94. The van der Waals surface area contributed by atoms with Crippen LogP contribution < -0.4 is 4.74 Å². The van der Waals surface area contributed by atoms with Crippen molar-refractivity contribution in [1.29, 1.82) is 5.26 Å². The Hall–Kier alpha value is -2.71. The maximum atomic E-state index is 8.89. The monoisotopic (exact) mass is 566 g/mol. The van der Waals surface area contributed by atoms with Crippen molar-refractivity contribution in [3.05, 3.63) is 48.0 Å². The molecule has 1 aromatic carbocycles. The number of rotatable bonds is 9. The van der Waals surface area contributed by atoms with Gasteiger partial charge in [-0.2, -0.15) is 10.2 Å². The number of aryl methyl sites for hydroxylation is 1. The minimum Gasteiger partial charge on any atom is -0.475 e. The highest BCUT2D eigenvalue weighted by molar-refractivity contribution is 7.45. The summed E-state index contributed by atoms with van der Waals surface area (Å²) in [6, 6.07) is 12.8. The summed E-state index contributed by atoms with van der Waals surface area (Å²) in [6.45, 7) is 7.25. The molecule has 12 heteroatoms.